The first-order valence-electron chi connectivity index (χ1n) is 9.99. The molecule has 1 unspecified atom stereocenters. The Hall–Kier alpha value is -3.45. The molecule has 2 heterocycles. The van der Waals surface area contributed by atoms with E-state index in [1.807, 2.05) is 28.8 Å². The van der Waals surface area contributed by atoms with E-state index < -0.39 is 0 Å². The van der Waals surface area contributed by atoms with Crippen LogP contribution in [-0.2, 0) is 27.1 Å². The van der Waals surface area contributed by atoms with Crippen molar-refractivity contribution in [1.29, 1.82) is 0 Å². The summed E-state index contributed by atoms with van der Waals surface area (Å²) in [7, 11) is 3.12. The van der Waals surface area contributed by atoms with Crippen LogP contribution in [-0.4, -0.2) is 25.2 Å². The van der Waals surface area contributed by atoms with Gasteiger partial charge in [-0.1, -0.05) is 60.7 Å². The van der Waals surface area contributed by atoms with Crippen molar-refractivity contribution in [3.8, 4) is 0 Å². The Kier molecular flexibility index (Phi) is 5.63. The maximum atomic E-state index is 12.6. The second kappa shape index (κ2) is 8.51. The van der Waals surface area contributed by atoms with Crippen molar-refractivity contribution in [3.05, 3.63) is 99.0 Å². The zero-order valence-electron chi connectivity index (χ0n) is 17.2. The lowest BCUT2D eigenvalue weighted by atomic mass is 9.99. The highest BCUT2D eigenvalue weighted by Crippen LogP contribution is 2.18. The van der Waals surface area contributed by atoms with E-state index in [1.165, 1.54) is 22.7 Å². The molecular weight excluding hydrogens is 378 g/mol. The molecule has 0 spiro atoms. The van der Waals surface area contributed by atoms with Gasteiger partial charge in [0.05, 0.1) is 6.33 Å². The molecule has 7 nitrogen and oxygen atoms in total. The SMILES string of the molecule is Cn1c(=O)c2c(ncn2CCNC(Cc2ccccc2)c2ccccc2)n(C)c1=O. The fraction of sp³-hybridized carbons (Fsp3) is 0.261. The van der Waals surface area contributed by atoms with E-state index in [0.717, 1.165) is 11.0 Å². The van der Waals surface area contributed by atoms with Crippen LogP contribution in [0.15, 0.2) is 76.6 Å². The quantitative estimate of drug-likeness (QED) is 0.512. The van der Waals surface area contributed by atoms with Gasteiger partial charge in [-0.3, -0.25) is 13.9 Å². The van der Waals surface area contributed by atoms with Gasteiger partial charge in [0.1, 0.15) is 0 Å². The normalized spacial score (nSPS) is 12.3. The van der Waals surface area contributed by atoms with Crippen molar-refractivity contribution >= 4 is 11.2 Å². The topological polar surface area (TPSA) is 73.8 Å². The van der Waals surface area contributed by atoms with Crippen molar-refractivity contribution in [1.82, 2.24) is 24.0 Å². The van der Waals surface area contributed by atoms with Gasteiger partial charge in [-0.05, 0) is 17.5 Å². The van der Waals surface area contributed by atoms with E-state index in [9.17, 15) is 9.59 Å². The fourth-order valence-corrected chi connectivity index (χ4v) is 3.77. The third kappa shape index (κ3) is 3.84. The molecule has 0 aliphatic carbocycles. The molecular formula is C23H25N5O2. The van der Waals surface area contributed by atoms with Crippen LogP contribution < -0.4 is 16.6 Å². The van der Waals surface area contributed by atoms with Crippen LogP contribution in [0.4, 0.5) is 0 Å². The summed E-state index contributed by atoms with van der Waals surface area (Å²) in [6.45, 7) is 1.23. The number of benzene rings is 2. The summed E-state index contributed by atoms with van der Waals surface area (Å²) in [6.07, 6.45) is 2.49. The lowest BCUT2D eigenvalue weighted by Crippen LogP contribution is -2.37. The van der Waals surface area contributed by atoms with Gasteiger partial charge in [0.15, 0.2) is 11.2 Å². The van der Waals surface area contributed by atoms with Crippen molar-refractivity contribution in [2.45, 2.75) is 19.0 Å². The highest BCUT2D eigenvalue weighted by Gasteiger charge is 2.15. The van der Waals surface area contributed by atoms with E-state index in [0.29, 0.717) is 24.3 Å². The summed E-state index contributed by atoms with van der Waals surface area (Å²) < 4.78 is 4.34. The molecule has 0 aliphatic rings. The first-order valence-corrected chi connectivity index (χ1v) is 9.99. The Morgan fingerprint density at radius 3 is 2.30 bits per heavy atom. The number of rotatable bonds is 7. The number of imidazole rings is 1. The van der Waals surface area contributed by atoms with Crippen LogP contribution in [0, 0.1) is 0 Å². The first kappa shape index (κ1) is 19.8. The summed E-state index contributed by atoms with van der Waals surface area (Å²) in [5.74, 6) is 0. The van der Waals surface area contributed by atoms with Crippen molar-refractivity contribution in [3.63, 3.8) is 0 Å². The van der Waals surface area contributed by atoms with Gasteiger partial charge >= 0.3 is 5.69 Å². The number of aromatic nitrogens is 4. The minimum atomic E-state index is -0.372. The predicted molar refractivity (Wildman–Crippen MR) is 118 cm³/mol. The first-order chi connectivity index (χ1) is 14.6. The summed E-state index contributed by atoms with van der Waals surface area (Å²) >= 11 is 0. The highest BCUT2D eigenvalue weighted by molar-refractivity contribution is 5.69. The molecule has 0 amide bonds. The van der Waals surface area contributed by atoms with Crippen LogP contribution in [0.25, 0.3) is 11.2 Å². The number of nitrogens with zero attached hydrogens (tertiary/aromatic N) is 4. The average Bonchev–Trinajstić information content (AvgIpc) is 3.21. The van der Waals surface area contributed by atoms with Gasteiger partial charge in [0.25, 0.3) is 5.56 Å². The van der Waals surface area contributed by atoms with Gasteiger partial charge in [0, 0.05) is 33.2 Å². The molecule has 0 saturated heterocycles. The third-order valence-electron chi connectivity index (χ3n) is 5.45. The molecule has 1 N–H and O–H groups in total. The molecule has 4 rings (SSSR count). The maximum absolute atomic E-state index is 12.6. The molecule has 0 radical (unpaired) electrons. The third-order valence-corrected chi connectivity index (χ3v) is 5.45. The van der Waals surface area contributed by atoms with Gasteiger partial charge in [-0.25, -0.2) is 9.78 Å². The number of nitrogens with one attached hydrogen (secondary N) is 1. The average molecular weight is 403 g/mol. The Labute approximate surface area is 174 Å². The number of fused-ring (bicyclic) bond motifs is 1. The Morgan fingerprint density at radius 2 is 1.60 bits per heavy atom. The van der Waals surface area contributed by atoms with Crippen LogP contribution in [0.1, 0.15) is 17.2 Å². The monoisotopic (exact) mass is 403 g/mol. The molecule has 0 fully saturated rings. The molecule has 4 aromatic rings. The second-order valence-electron chi connectivity index (χ2n) is 7.42. The van der Waals surface area contributed by atoms with E-state index >= 15 is 0 Å². The van der Waals surface area contributed by atoms with E-state index in [1.54, 1.807) is 13.4 Å². The summed E-state index contributed by atoms with van der Waals surface area (Å²) in [5.41, 5.74) is 2.64. The Bertz CT molecular complexity index is 1260. The van der Waals surface area contributed by atoms with Crippen LogP contribution in [0.2, 0.25) is 0 Å². The lowest BCUT2D eigenvalue weighted by Gasteiger charge is -2.20. The minimum absolute atomic E-state index is 0.149. The van der Waals surface area contributed by atoms with Crippen LogP contribution in [0.5, 0.6) is 0 Å². The molecule has 2 aromatic heterocycles. The minimum Gasteiger partial charge on any atom is -0.323 e. The van der Waals surface area contributed by atoms with Crippen molar-refractivity contribution in [2.24, 2.45) is 14.1 Å². The van der Waals surface area contributed by atoms with Crippen LogP contribution >= 0.6 is 0 Å². The van der Waals surface area contributed by atoms with Crippen molar-refractivity contribution in [2.75, 3.05) is 6.54 Å². The zero-order chi connectivity index (χ0) is 21.1. The maximum Gasteiger partial charge on any atom is 0.332 e. The van der Waals surface area contributed by atoms with Gasteiger partial charge in [-0.15, -0.1) is 0 Å². The van der Waals surface area contributed by atoms with E-state index in [-0.39, 0.29) is 17.3 Å². The largest absolute Gasteiger partial charge is 0.332 e. The van der Waals surface area contributed by atoms with Gasteiger partial charge in [0.2, 0.25) is 0 Å². The molecule has 0 aliphatic heterocycles. The smallest absolute Gasteiger partial charge is 0.323 e. The van der Waals surface area contributed by atoms with Crippen molar-refractivity contribution < 1.29 is 0 Å². The highest BCUT2D eigenvalue weighted by atomic mass is 16.2. The van der Waals surface area contributed by atoms with Gasteiger partial charge < -0.3 is 9.88 Å². The molecule has 1 atom stereocenters. The van der Waals surface area contributed by atoms with Crippen LogP contribution in [0.3, 0.4) is 0 Å². The standard InChI is InChI=1S/C23H25N5O2/c1-26-21-20(22(29)27(2)23(26)30)28(16-25-21)14-13-24-19(18-11-7-4-8-12-18)15-17-9-5-3-6-10-17/h3-12,16,19,24H,13-15H2,1-2H3. The van der Waals surface area contributed by atoms with Gasteiger partial charge in [-0.2, -0.15) is 0 Å². The summed E-state index contributed by atoms with van der Waals surface area (Å²) in [6, 6.07) is 20.9. The summed E-state index contributed by atoms with van der Waals surface area (Å²) in [4.78, 5) is 29.0. The van der Waals surface area contributed by atoms with E-state index in [2.05, 4.69) is 46.7 Å². The fourth-order valence-electron chi connectivity index (χ4n) is 3.77. The molecule has 154 valence electrons. The Morgan fingerprint density at radius 1 is 0.933 bits per heavy atom. The number of aryl methyl sites for hydroxylation is 1. The predicted octanol–water partition coefficient (Wildman–Crippen LogP) is 2.01. The Balaban J connectivity index is 1.55. The molecule has 2 aromatic carbocycles. The molecule has 0 bridgehead atoms. The molecule has 30 heavy (non-hydrogen) atoms. The summed E-state index contributed by atoms with van der Waals surface area (Å²) in [5, 5.41) is 3.62. The number of hydrogen-bond acceptors (Lipinski definition) is 4. The zero-order valence-corrected chi connectivity index (χ0v) is 17.2. The van der Waals surface area contributed by atoms with E-state index in [4.69, 9.17) is 0 Å². The molecule has 0 saturated carbocycles. The lowest BCUT2D eigenvalue weighted by molar-refractivity contribution is 0.503. The molecule has 7 heteroatoms. The second-order valence-corrected chi connectivity index (χ2v) is 7.42. The number of hydrogen-bond donors (Lipinski definition) is 1.